The monoisotopic (exact) mass is 378 g/mol. The molecule has 142 valence electrons. The van der Waals surface area contributed by atoms with Gasteiger partial charge in [-0.2, -0.15) is 11.8 Å². The highest BCUT2D eigenvalue weighted by atomic mass is 32.2. The molecule has 5 rings (SSSR count). The molecule has 1 aromatic heterocycles. The van der Waals surface area contributed by atoms with Crippen LogP contribution < -0.4 is 16.0 Å². The number of hydrogen-bond acceptors (Lipinski definition) is 7. The maximum atomic E-state index is 10.4. The molecule has 0 aromatic carbocycles. The third-order valence-electron chi connectivity index (χ3n) is 6.01. The summed E-state index contributed by atoms with van der Waals surface area (Å²) in [5.41, 5.74) is 0. The maximum Gasteiger partial charge on any atom is 0.274 e. The van der Waals surface area contributed by atoms with Gasteiger partial charge in [-0.1, -0.05) is 0 Å². The minimum absolute atomic E-state index is 0.421. The van der Waals surface area contributed by atoms with Crippen molar-refractivity contribution in [3.63, 3.8) is 0 Å². The lowest BCUT2D eigenvalue weighted by Gasteiger charge is -2.15. The zero-order valence-corrected chi connectivity index (χ0v) is 15.8. The van der Waals surface area contributed by atoms with Crippen molar-refractivity contribution in [3.05, 3.63) is 45.8 Å². The summed E-state index contributed by atoms with van der Waals surface area (Å²) in [7, 11) is 1.66. The van der Waals surface area contributed by atoms with Gasteiger partial charge in [-0.25, -0.2) is 0 Å². The molecule has 4 unspecified atom stereocenters. The van der Waals surface area contributed by atoms with Crippen molar-refractivity contribution in [3.8, 4) is 0 Å². The minimum Gasteiger partial charge on any atom is -0.464 e. The van der Waals surface area contributed by atoms with Gasteiger partial charge in [0.15, 0.2) is 5.82 Å². The van der Waals surface area contributed by atoms with E-state index in [0.29, 0.717) is 12.4 Å². The highest BCUT2D eigenvalue weighted by Gasteiger charge is 2.68. The van der Waals surface area contributed by atoms with Crippen LogP contribution in [0.4, 0.5) is 0 Å². The van der Waals surface area contributed by atoms with Crippen molar-refractivity contribution in [1.29, 1.82) is 0 Å². The second-order valence-corrected chi connectivity index (χ2v) is 8.57. The quantitative estimate of drug-likeness (QED) is 0.309. The molecular formula is C18H26N4O3S. The molecule has 4 aliphatic rings. The number of nitro groups is 1. The molecule has 3 N–H and O–H groups in total. The highest BCUT2D eigenvalue weighted by molar-refractivity contribution is 7.98. The number of nitrogens with zero attached hydrogens (tertiary/aromatic N) is 1. The van der Waals surface area contributed by atoms with Crippen molar-refractivity contribution in [2.45, 2.75) is 31.2 Å². The Morgan fingerprint density at radius 3 is 2.81 bits per heavy atom. The fourth-order valence-corrected chi connectivity index (χ4v) is 5.67. The van der Waals surface area contributed by atoms with E-state index in [2.05, 4.69) is 28.1 Å². The van der Waals surface area contributed by atoms with Gasteiger partial charge >= 0.3 is 0 Å². The summed E-state index contributed by atoms with van der Waals surface area (Å²) in [5, 5.41) is 20.0. The summed E-state index contributed by atoms with van der Waals surface area (Å²) in [6.07, 6.45) is 3.84. The summed E-state index contributed by atoms with van der Waals surface area (Å²) in [4.78, 5) is 9.98. The van der Waals surface area contributed by atoms with Crippen LogP contribution in [0.3, 0.4) is 0 Å². The normalized spacial score (nSPS) is 31.3. The zero-order chi connectivity index (χ0) is 18.1. The smallest absolute Gasteiger partial charge is 0.274 e. The predicted octanol–water partition coefficient (Wildman–Crippen LogP) is 2.14. The number of furan rings is 1. The third-order valence-corrected chi connectivity index (χ3v) is 6.99. The van der Waals surface area contributed by atoms with Crippen LogP contribution in [0.15, 0.2) is 28.6 Å². The van der Waals surface area contributed by atoms with E-state index in [1.807, 2.05) is 0 Å². The number of rotatable bonds is 11. The van der Waals surface area contributed by atoms with Crippen LogP contribution in [0, 0.1) is 33.8 Å². The Morgan fingerprint density at radius 1 is 1.38 bits per heavy atom. The van der Waals surface area contributed by atoms with E-state index < -0.39 is 4.92 Å². The van der Waals surface area contributed by atoms with E-state index in [1.54, 1.807) is 18.8 Å². The van der Waals surface area contributed by atoms with Crippen molar-refractivity contribution in [2.24, 2.45) is 23.7 Å². The van der Waals surface area contributed by atoms with Gasteiger partial charge in [0.05, 0.1) is 17.2 Å². The van der Waals surface area contributed by atoms with Crippen molar-refractivity contribution >= 4 is 11.8 Å². The lowest BCUT2D eigenvalue weighted by Crippen LogP contribution is -2.31. The van der Waals surface area contributed by atoms with Crippen LogP contribution >= 0.6 is 11.8 Å². The Labute approximate surface area is 157 Å². The average molecular weight is 378 g/mol. The van der Waals surface area contributed by atoms with Gasteiger partial charge in [-0.3, -0.25) is 10.1 Å². The summed E-state index contributed by atoms with van der Waals surface area (Å²) >= 11 is 1.75. The topological polar surface area (TPSA) is 92.4 Å². The molecule has 26 heavy (non-hydrogen) atoms. The Hall–Kier alpha value is -1.67. The molecule has 4 saturated carbocycles. The molecule has 5 atom stereocenters. The SMILES string of the molecule is CN/C(=C/[N+](=O)[O-])NCCSCc1ccc(CNC2C3CC4C2[C@H]4C3)o1. The van der Waals surface area contributed by atoms with Crippen LogP contribution in [0.5, 0.6) is 0 Å². The van der Waals surface area contributed by atoms with Crippen molar-refractivity contribution < 1.29 is 9.34 Å². The second kappa shape index (κ2) is 7.52. The summed E-state index contributed by atoms with van der Waals surface area (Å²) in [5.74, 6) is 8.05. The van der Waals surface area contributed by atoms with Gasteiger partial charge in [-0.15, -0.1) is 0 Å². The largest absolute Gasteiger partial charge is 0.464 e. The van der Waals surface area contributed by atoms with E-state index in [4.69, 9.17) is 4.42 Å². The minimum atomic E-state index is -0.470. The number of hydrogen-bond donors (Lipinski definition) is 3. The summed E-state index contributed by atoms with van der Waals surface area (Å²) in [6.45, 7) is 1.49. The zero-order valence-electron chi connectivity index (χ0n) is 14.9. The van der Waals surface area contributed by atoms with E-state index in [0.717, 1.165) is 65.5 Å². The highest BCUT2D eigenvalue weighted by Crippen LogP contribution is 2.70. The van der Waals surface area contributed by atoms with E-state index in [9.17, 15) is 10.1 Å². The summed E-state index contributed by atoms with van der Waals surface area (Å²) < 4.78 is 5.93. The van der Waals surface area contributed by atoms with Crippen LogP contribution in [0.2, 0.25) is 0 Å². The van der Waals surface area contributed by atoms with Gasteiger partial charge in [0, 0.05) is 25.4 Å². The predicted molar refractivity (Wildman–Crippen MR) is 101 cm³/mol. The molecule has 0 radical (unpaired) electrons. The number of nitrogens with one attached hydrogen (secondary N) is 3. The molecular weight excluding hydrogens is 352 g/mol. The molecule has 1 aromatic rings. The van der Waals surface area contributed by atoms with Crippen LogP contribution in [-0.4, -0.2) is 30.3 Å². The Kier molecular flexibility index (Phi) is 5.13. The van der Waals surface area contributed by atoms with Crippen molar-refractivity contribution in [1.82, 2.24) is 16.0 Å². The Bertz CT molecular complexity index is 678. The molecule has 0 aliphatic heterocycles. The first-order chi connectivity index (χ1) is 12.7. The lowest BCUT2D eigenvalue weighted by atomic mass is 10.1. The summed E-state index contributed by atoms with van der Waals surface area (Å²) in [6, 6.07) is 4.86. The molecule has 8 heteroatoms. The van der Waals surface area contributed by atoms with E-state index in [1.165, 1.54) is 12.8 Å². The fraction of sp³-hybridized carbons (Fsp3) is 0.667. The molecule has 0 amide bonds. The van der Waals surface area contributed by atoms with Gasteiger partial charge in [-0.05, 0) is 48.6 Å². The first-order valence-corrected chi connectivity index (χ1v) is 10.5. The van der Waals surface area contributed by atoms with Gasteiger partial charge in [0.1, 0.15) is 11.5 Å². The maximum absolute atomic E-state index is 10.4. The third kappa shape index (κ3) is 3.71. The molecule has 4 bridgehead atoms. The average Bonchev–Trinajstić information content (AvgIpc) is 3.13. The van der Waals surface area contributed by atoms with Crippen LogP contribution in [0.1, 0.15) is 24.4 Å². The number of thioether (sulfide) groups is 1. The second-order valence-electron chi connectivity index (χ2n) is 7.47. The molecule has 0 saturated heterocycles. The molecule has 0 spiro atoms. The van der Waals surface area contributed by atoms with Gasteiger partial charge in [0.2, 0.25) is 0 Å². The molecule has 4 fully saturated rings. The molecule has 4 aliphatic carbocycles. The Morgan fingerprint density at radius 2 is 2.15 bits per heavy atom. The molecule has 7 nitrogen and oxygen atoms in total. The van der Waals surface area contributed by atoms with Crippen LogP contribution in [0.25, 0.3) is 0 Å². The first-order valence-electron chi connectivity index (χ1n) is 9.31. The van der Waals surface area contributed by atoms with E-state index >= 15 is 0 Å². The van der Waals surface area contributed by atoms with Crippen LogP contribution in [-0.2, 0) is 12.3 Å². The standard InChI is InChI=1S/C18H26N4O3S/c1-19-16(9-22(23)24)20-4-5-26-10-13-3-2-12(25-13)8-21-18-11-6-14-15(7-11)17(14)18/h2-3,9,11,14-15,17-21H,4-8,10H2,1H3/b16-9-/t11?,14-,15?,17?,18?/m0/s1. The van der Waals surface area contributed by atoms with Gasteiger partial charge in [0.25, 0.3) is 6.20 Å². The van der Waals surface area contributed by atoms with Gasteiger partial charge < -0.3 is 20.4 Å². The fourth-order valence-electron chi connectivity index (χ4n) is 4.92. The van der Waals surface area contributed by atoms with Crippen molar-refractivity contribution in [2.75, 3.05) is 19.3 Å². The Balaban J connectivity index is 1.12. The first kappa shape index (κ1) is 17.7. The lowest BCUT2D eigenvalue weighted by molar-refractivity contribution is -0.404. The van der Waals surface area contributed by atoms with E-state index in [-0.39, 0.29) is 0 Å². The molecule has 1 heterocycles.